The fourth-order valence-corrected chi connectivity index (χ4v) is 4.64. The Hall–Kier alpha value is -3.45. The molecule has 7 heteroatoms. The molecule has 1 aliphatic heterocycles. The van der Waals surface area contributed by atoms with E-state index in [0.717, 1.165) is 28.7 Å². The number of fused-ring (bicyclic) bond motifs is 1. The first kappa shape index (κ1) is 19.5. The van der Waals surface area contributed by atoms with Crippen molar-refractivity contribution in [2.75, 3.05) is 0 Å². The zero-order valence-corrected chi connectivity index (χ0v) is 18.1. The van der Waals surface area contributed by atoms with E-state index in [-0.39, 0.29) is 16.8 Å². The molecule has 4 heterocycles. The van der Waals surface area contributed by atoms with Gasteiger partial charge in [0.1, 0.15) is 11.3 Å². The zero-order valence-electron chi connectivity index (χ0n) is 18.1. The second-order valence-electron chi connectivity index (χ2n) is 9.41. The van der Waals surface area contributed by atoms with Gasteiger partial charge in [0.05, 0.1) is 18.1 Å². The number of rotatable bonds is 3. The zero-order chi connectivity index (χ0) is 21.8. The molecular formula is C24H26N6O. The molecule has 158 valence electrons. The molecule has 0 radical (unpaired) electrons. The maximum absolute atomic E-state index is 10.6. The summed E-state index contributed by atoms with van der Waals surface area (Å²) in [5, 5.41) is 21.0. The van der Waals surface area contributed by atoms with Gasteiger partial charge in [-0.05, 0) is 57.5 Å². The molecule has 31 heavy (non-hydrogen) atoms. The van der Waals surface area contributed by atoms with Crippen molar-refractivity contribution in [2.24, 2.45) is 0 Å². The van der Waals surface area contributed by atoms with Crippen LogP contribution >= 0.6 is 0 Å². The second-order valence-corrected chi connectivity index (χ2v) is 9.41. The molecule has 0 saturated heterocycles. The van der Waals surface area contributed by atoms with Crippen LogP contribution in [0, 0.1) is 0 Å². The normalized spacial score (nSPS) is 17.6. The van der Waals surface area contributed by atoms with Gasteiger partial charge in [-0.3, -0.25) is 5.10 Å². The van der Waals surface area contributed by atoms with E-state index in [9.17, 15) is 5.11 Å². The number of nitrogens with zero attached hydrogens (tertiary/aromatic N) is 4. The number of H-pyrrole nitrogens is 1. The summed E-state index contributed by atoms with van der Waals surface area (Å²) in [7, 11) is 0. The van der Waals surface area contributed by atoms with Gasteiger partial charge in [-0.15, -0.1) is 0 Å². The first-order valence-electron chi connectivity index (χ1n) is 10.4. The number of hydrogen-bond donors (Lipinski definition) is 3. The van der Waals surface area contributed by atoms with Crippen LogP contribution in [0.25, 0.3) is 39.2 Å². The van der Waals surface area contributed by atoms with E-state index in [0.29, 0.717) is 11.3 Å². The van der Waals surface area contributed by atoms with Crippen LogP contribution in [0.3, 0.4) is 0 Å². The number of aromatic amines is 1. The van der Waals surface area contributed by atoms with Crippen LogP contribution < -0.4 is 5.32 Å². The topological polar surface area (TPSA) is 91.7 Å². The molecule has 7 nitrogen and oxygen atoms in total. The molecule has 0 atom stereocenters. The summed E-state index contributed by atoms with van der Waals surface area (Å²) in [6.07, 6.45) is 10.4. The van der Waals surface area contributed by atoms with Crippen molar-refractivity contribution in [3.8, 4) is 28.1 Å². The Morgan fingerprint density at radius 1 is 1.06 bits per heavy atom. The van der Waals surface area contributed by atoms with Crippen molar-refractivity contribution >= 4 is 16.9 Å². The fraction of sp³-hybridized carbons (Fsp3) is 0.292. The van der Waals surface area contributed by atoms with Gasteiger partial charge in [0.15, 0.2) is 5.65 Å². The molecule has 0 aliphatic carbocycles. The van der Waals surface area contributed by atoms with E-state index in [4.69, 9.17) is 9.97 Å². The lowest BCUT2D eigenvalue weighted by molar-refractivity contribution is 0.293. The molecule has 0 spiro atoms. The van der Waals surface area contributed by atoms with Crippen molar-refractivity contribution in [2.45, 2.75) is 45.2 Å². The van der Waals surface area contributed by atoms with E-state index in [1.54, 1.807) is 24.7 Å². The standard InChI is InChI=1S/C24H26N6O/c1-23(2)10-17(11-24(3,4)29-23)30-8-7-19-22(30)25-14-20(28-19)18-6-5-15(9-21(18)31)16-12-26-27-13-16/h5-10,12-14,29,31H,11H2,1-4H3,(H,26,27). The first-order chi connectivity index (χ1) is 14.7. The summed E-state index contributed by atoms with van der Waals surface area (Å²) >= 11 is 0. The van der Waals surface area contributed by atoms with Crippen LogP contribution in [0.4, 0.5) is 0 Å². The Labute approximate surface area is 180 Å². The second kappa shape index (κ2) is 6.78. The average Bonchev–Trinajstić information content (AvgIpc) is 3.35. The third kappa shape index (κ3) is 3.61. The van der Waals surface area contributed by atoms with Crippen molar-refractivity contribution in [1.29, 1.82) is 0 Å². The molecular weight excluding hydrogens is 388 g/mol. The van der Waals surface area contributed by atoms with Gasteiger partial charge in [-0.1, -0.05) is 6.07 Å². The molecule has 0 bridgehead atoms. The molecule has 0 saturated carbocycles. The summed E-state index contributed by atoms with van der Waals surface area (Å²) in [6, 6.07) is 7.51. The van der Waals surface area contributed by atoms with Crippen LogP contribution in [-0.2, 0) is 0 Å². The Kier molecular flexibility index (Phi) is 4.27. The number of nitrogens with one attached hydrogen (secondary N) is 2. The highest BCUT2D eigenvalue weighted by Gasteiger charge is 2.33. The number of benzene rings is 1. The molecule has 1 aliphatic rings. The lowest BCUT2D eigenvalue weighted by atomic mass is 9.86. The Morgan fingerprint density at radius 2 is 1.90 bits per heavy atom. The number of phenolic OH excluding ortho intramolecular Hbond substituents is 1. The SMILES string of the molecule is CC1(C)C=C(n2ccc3nc(-c4ccc(-c5cn[nH]c5)cc4O)cnc32)CC(C)(C)N1. The predicted molar refractivity (Wildman–Crippen MR) is 122 cm³/mol. The minimum absolute atomic E-state index is 0.0138. The minimum Gasteiger partial charge on any atom is -0.507 e. The highest BCUT2D eigenvalue weighted by molar-refractivity contribution is 5.81. The molecule has 0 unspecified atom stereocenters. The Bertz CT molecular complexity index is 1300. The molecule has 1 aromatic carbocycles. The average molecular weight is 415 g/mol. The molecule has 4 aromatic rings. The van der Waals surface area contributed by atoms with Crippen molar-refractivity contribution in [3.63, 3.8) is 0 Å². The van der Waals surface area contributed by atoms with E-state index < -0.39 is 0 Å². The molecule has 5 rings (SSSR count). The molecule has 0 amide bonds. The van der Waals surface area contributed by atoms with E-state index in [1.807, 2.05) is 24.4 Å². The minimum atomic E-state index is -0.108. The summed E-state index contributed by atoms with van der Waals surface area (Å²) in [5.41, 5.74) is 5.80. The molecule has 3 aromatic heterocycles. The number of hydrogen-bond acceptors (Lipinski definition) is 5. The third-order valence-corrected chi connectivity index (χ3v) is 5.61. The van der Waals surface area contributed by atoms with E-state index >= 15 is 0 Å². The maximum Gasteiger partial charge on any atom is 0.163 e. The lowest BCUT2D eigenvalue weighted by Crippen LogP contribution is -2.54. The summed E-state index contributed by atoms with van der Waals surface area (Å²) < 4.78 is 2.12. The monoisotopic (exact) mass is 414 g/mol. The van der Waals surface area contributed by atoms with Crippen molar-refractivity contribution in [3.05, 3.63) is 55.1 Å². The largest absolute Gasteiger partial charge is 0.507 e. The van der Waals surface area contributed by atoms with Gasteiger partial charge >= 0.3 is 0 Å². The fourth-order valence-electron chi connectivity index (χ4n) is 4.64. The Balaban J connectivity index is 1.53. The van der Waals surface area contributed by atoms with Gasteiger partial charge in [0.2, 0.25) is 0 Å². The van der Waals surface area contributed by atoms with E-state index in [2.05, 4.69) is 53.9 Å². The van der Waals surface area contributed by atoms with Crippen LogP contribution in [0.5, 0.6) is 5.75 Å². The number of aromatic hydroxyl groups is 1. The van der Waals surface area contributed by atoms with Gasteiger partial charge in [0.25, 0.3) is 0 Å². The highest BCUT2D eigenvalue weighted by Crippen LogP contribution is 2.34. The maximum atomic E-state index is 10.6. The van der Waals surface area contributed by atoms with Crippen LogP contribution in [0.15, 0.2) is 55.1 Å². The molecule has 0 fully saturated rings. The Morgan fingerprint density at radius 3 is 2.61 bits per heavy atom. The summed E-state index contributed by atoms with van der Waals surface area (Å²) in [6.45, 7) is 8.79. The van der Waals surface area contributed by atoms with Gasteiger partial charge < -0.3 is 15.0 Å². The first-order valence-corrected chi connectivity index (χ1v) is 10.4. The van der Waals surface area contributed by atoms with Crippen molar-refractivity contribution < 1.29 is 5.11 Å². The quantitative estimate of drug-likeness (QED) is 0.456. The lowest BCUT2D eigenvalue weighted by Gasteiger charge is -2.41. The van der Waals surface area contributed by atoms with Crippen molar-refractivity contribution in [1.82, 2.24) is 30.0 Å². The van der Waals surface area contributed by atoms with Crippen LogP contribution in [0.2, 0.25) is 0 Å². The van der Waals surface area contributed by atoms with Crippen LogP contribution in [-0.4, -0.2) is 40.9 Å². The smallest absolute Gasteiger partial charge is 0.163 e. The third-order valence-electron chi connectivity index (χ3n) is 5.61. The summed E-state index contributed by atoms with van der Waals surface area (Å²) in [5.74, 6) is 0.163. The number of aromatic nitrogens is 5. The molecule has 3 N–H and O–H groups in total. The van der Waals surface area contributed by atoms with Gasteiger partial charge in [0, 0.05) is 46.7 Å². The van der Waals surface area contributed by atoms with E-state index in [1.165, 1.54) is 5.70 Å². The van der Waals surface area contributed by atoms with Crippen LogP contribution in [0.1, 0.15) is 34.1 Å². The van der Waals surface area contributed by atoms with Gasteiger partial charge in [-0.2, -0.15) is 5.10 Å². The van der Waals surface area contributed by atoms with Gasteiger partial charge in [-0.25, -0.2) is 9.97 Å². The number of phenols is 1. The summed E-state index contributed by atoms with van der Waals surface area (Å²) in [4.78, 5) is 9.50. The predicted octanol–water partition coefficient (Wildman–Crippen LogP) is 4.59. The highest BCUT2D eigenvalue weighted by atomic mass is 16.3.